The van der Waals surface area contributed by atoms with Gasteiger partial charge in [-0.25, -0.2) is 0 Å². The first-order valence-corrected chi connectivity index (χ1v) is 8.88. The molecule has 1 N–H and O–H groups in total. The zero-order chi connectivity index (χ0) is 15.5. The van der Waals surface area contributed by atoms with Gasteiger partial charge in [0.15, 0.2) is 0 Å². The van der Waals surface area contributed by atoms with Gasteiger partial charge >= 0.3 is 0 Å². The monoisotopic (exact) mass is 312 g/mol. The van der Waals surface area contributed by atoms with Crippen molar-refractivity contribution in [3.05, 3.63) is 0 Å². The van der Waals surface area contributed by atoms with Crippen molar-refractivity contribution in [1.82, 2.24) is 0 Å². The maximum Gasteiger partial charge on any atom is 0.264 e. The fourth-order valence-corrected chi connectivity index (χ4v) is 2.42. The largest absolute Gasteiger partial charge is 0.379 e. The molecular weight excluding hydrogens is 282 g/mol. The van der Waals surface area contributed by atoms with E-state index in [9.17, 15) is 8.42 Å². The lowest BCUT2D eigenvalue weighted by molar-refractivity contribution is -0.908. The highest BCUT2D eigenvalue weighted by atomic mass is 32.2. The highest BCUT2D eigenvalue weighted by molar-refractivity contribution is 7.85. The van der Waals surface area contributed by atoms with E-state index in [1.54, 1.807) is 0 Å². The van der Waals surface area contributed by atoms with Crippen LogP contribution < -0.4 is 0 Å². The molecule has 0 aliphatic rings. The molecule has 0 bridgehead atoms. The summed E-state index contributed by atoms with van der Waals surface area (Å²) in [4.78, 5) is 0. The van der Waals surface area contributed by atoms with E-state index < -0.39 is 10.1 Å². The number of unbranched alkanes of at least 4 members (excludes halogenated alkanes) is 1. The third-order valence-electron chi connectivity index (χ3n) is 3.47. The predicted octanol–water partition coefficient (Wildman–Crippen LogP) is 1.17. The van der Waals surface area contributed by atoms with Crippen molar-refractivity contribution in [2.24, 2.45) is 0 Å². The number of rotatable bonds is 13. The van der Waals surface area contributed by atoms with Gasteiger partial charge in [-0.05, 0) is 26.7 Å². The second-order valence-corrected chi connectivity index (χ2v) is 6.76. The maximum absolute atomic E-state index is 10.6. The molecule has 0 radical (unpaired) electrons. The molecule has 1 unspecified atom stereocenters. The molecule has 0 rings (SSSR count). The summed E-state index contributed by atoms with van der Waals surface area (Å²) in [7, 11) is -1.69. The van der Waals surface area contributed by atoms with Crippen LogP contribution >= 0.6 is 0 Å². The fraction of sp³-hybridized carbons (Fsp3) is 1.00. The number of nitrogens with zero attached hydrogens (tertiary/aromatic N) is 1. The van der Waals surface area contributed by atoms with Gasteiger partial charge in [0, 0.05) is 6.61 Å². The normalized spacial score (nSPS) is 15.2. The van der Waals surface area contributed by atoms with E-state index in [1.807, 2.05) is 6.92 Å². The van der Waals surface area contributed by atoms with Gasteiger partial charge in [-0.3, -0.25) is 4.55 Å². The third kappa shape index (κ3) is 11.6. The van der Waals surface area contributed by atoms with Gasteiger partial charge in [-0.1, -0.05) is 0 Å². The van der Waals surface area contributed by atoms with E-state index in [0.29, 0.717) is 32.8 Å². The Balaban J connectivity index is 3.78. The molecule has 0 spiro atoms. The minimum Gasteiger partial charge on any atom is -0.379 e. The van der Waals surface area contributed by atoms with Crippen LogP contribution in [0.2, 0.25) is 0 Å². The van der Waals surface area contributed by atoms with E-state index in [4.69, 9.17) is 14.0 Å². The van der Waals surface area contributed by atoms with Crippen LogP contribution in [0.25, 0.3) is 0 Å². The maximum atomic E-state index is 10.6. The Bertz CT molecular complexity index is 334. The van der Waals surface area contributed by atoms with E-state index in [-0.39, 0.29) is 5.75 Å². The molecule has 1 atom stereocenters. The van der Waals surface area contributed by atoms with Gasteiger partial charge in [0.05, 0.1) is 45.7 Å². The molecule has 0 aliphatic carbocycles. The predicted molar refractivity (Wildman–Crippen MR) is 79.4 cm³/mol. The van der Waals surface area contributed by atoms with Gasteiger partial charge in [0.2, 0.25) is 0 Å². The van der Waals surface area contributed by atoms with Crippen molar-refractivity contribution in [3.8, 4) is 0 Å². The Kier molecular flexibility index (Phi) is 10.4. The van der Waals surface area contributed by atoms with Crippen molar-refractivity contribution in [2.75, 3.05) is 58.9 Å². The molecule has 0 aromatic rings. The van der Waals surface area contributed by atoms with Gasteiger partial charge in [-0.15, -0.1) is 0 Å². The Morgan fingerprint density at radius 3 is 2.20 bits per heavy atom. The van der Waals surface area contributed by atoms with Crippen LogP contribution in [-0.2, 0) is 19.6 Å². The average Bonchev–Trinajstić information content (AvgIpc) is 2.38. The molecule has 0 aliphatic heterocycles. The Labute approximate surface area is 123 Å². The first-order valence-electron chi connectivity index (χ1n) is 7.27. The van der Waals surface area contributed by atoms with Crippen LogP contribution in [0.1, 0.15) is 26.7 Å². The number of ether oxygens (including phenoxy) is 2. The lowest BCUT2D eigenvalue weighted by atomic mass is 10.2. The summed E-state index contributed by atoms with van der Waals surface area (Å²) in [6.07, 6.45) is 1.28. The van der Waals surface area contributed by atoms with E-state index in [2.05, 4.69) is 14.0 Å². The first-order chi connectivity index (χ1) is 9.33. The number of quaternary nitrogens is 1. The third-order valence-corrected chi connectivity index (χ3v) is 4.27. The molecule has 0 aromatic heterocycles. The molecule has 20 heavy (non-hydrogen) atoms. The smallest absolute Gasteiger partial charge is 0.264 e. The second kappa shape index (κ2) is 10.5. The molecule has 0 saturated carbocycles. The Morgan fingerprint density at radius 1 is 1.00 bits per heavy atom. The standard InChI is InChI=1S/C13H29NO5S/c1-4-14(3,8-6-7-13-20(15,16)17)9-10-19-12-11-18-5-2/h4-13H2,1-3H3/p+1. The molecule has 7 heteroatoms. The van der Waals surface area contributed by atoms with Gasteiger partial charge in [-0.2, -0.15) is 8.42 Å². The highest BCUT2D eigenvalue weighted by Gasteiger charge is 2.18. The van der Waals surface area contributed by atoms with Crippen molar-refractivity contribution in [2.45, 2.75) is 26.7 Å². The van der Waals surface area contributed by atoms with Gasteiger partial charge in [0.1, 0.15) is 6.54 Å². The molecule has 6 nitrogen and oxygen atoms in total. The minimum absolute atomic E-state index is 0.151. The lowest BCUT2D eigenvalue weighted by Crippen LogP contribution is -2.47. The molecule has 0 amide bonds. The van der Waals surface area contributed by atoms with Crippen LogP contribution in [0, 0.1) is 0 Å². The Hall–Kier alpha value is -0.210. The summed E-state index contributed by atoms with van der Waals surface area (Å²) in [5.41, 5.74) is 0. The van der Waals surface area contributed by atoms with Crippen molar-refractivity contribution in [1.29, 1.82) is 0 Å². The van der Waals surface area contributed by atoms with E-state index in [1.165, 1.54) is 0 Å². The summed E-state index contributed by atoms with van der Waals surface area (Å²) in [6, 6.07) is 0. The summed E-state index contributed by atoms with van der Waals surface area (Å²) in [5, 5.41) is 0. The van der Waals surface area contributed by atoms with Crippen LogP contribution in [0.3, 0.4) is 0 Å². The summed E-state index contributed by atoms with van der Waals surface area (Å²) in [5.74, 6) is -0.151. The van der Waals surface area contributed by atoms with Crippen LogP contribution in [0.5, 0.6) is 0 Å². The van der Waals surface area contributed by atoms with Crippen molar-refractivity contribution < 1.29 is 26.9 Å². The average molecular weight is 312 g/mol. The molecule has 122 valence electrons. The minimum atomic E-state index is -3.82. The first kappa shape index (κ1) is 19.8. The summed E-state index contributed by atoms with van der Waals surface area (Å²) in [6.45, 7) is 9.45. The molecule has 0 heterocycles. The van der Waals surface area contributed by atoms with Crippen LogP contribution in [-0.4, -0.2) is 76.3 Å². The zero-order valence-corrected chi connectivity index (χ0v) is 13.8. The topological polar surface area (TPSA) is 72.8 Å². The van der Waals surface area contributed by atoms with Gasteiger partial charge in [0.25, 0.3) is 10.1 Å². The molecule has 0 fully saturated rings. The number of hydrogen-bond acceptors (Lipinski definition) is 4. The van der Waals surface area contributed by atoms with Crippen LogP contribution in [0.15, 0.2) is 0 Å². The number of likely N-dealkylation sites (N-methyl/N-ethyl adjacent to an activating group) is 1. The highest BCUT2D eigenvalue weighted by Crippen LogP contribution is 2.06. The Morgan fingerprint density at radius 2 is 1.65 bits per heavy atom. The van der Waals surface area contributed by atoms with Gasteiger partial charge < -0.3 is 14.0 Å². The van der Waals surface area contributed by atoms with Crippen molar-refractivity contribution >= 4 is 10.1 Å². The van der Waals surface area contributed by atoms with E-state index in [0.717, 1.165) is 30.5 Å². The summed E-state index contributed by atoms with van der Waals surface area (Å²) < 4.78 is 41.5. The zero-order valence-electron chi connectivity index (χ0n) is 13.0. The van der Waals surface area contributed by atoms with E-state index >= 15 is 0 Å². The van der Waals surface area contributed by atoms with Crippen LogP contribution in [0.4, 0.5) is 0 Å². The van der Waals surface area contributed by atoms with Crippen molar-refractivity contribution in [3.63, 3.8) is 0 Å². The number of hydrogen-bond donors (Lipinski definition) is 1. The molecule has 0 saturated heterocycles. The SMILES string of the molecule is CCOCCOCC[N+](C)(CC)CCCCS(=O)(=O)O. The fourth-order valence-electron chi connectivity index (χ4n) is 1.86. The molecule has 0 aromatic carbocycles. The quantitative estimate of drug-likeness (QED) is 0.314. The summed E-state index contributed by atoms with van der Waals surface area (Å²) >= 11 is 0. The lowest BCUT2D eigenvalue weighted by Gasteiger charge is -2.33. The molecular formula is C13H30NO5S+. The second-order valence-electron chi connectivity index (χ2n) is 5.19.